The van der Waals surface area contributed by atoms with Crippen LogP contribution in [0, 0.1) is 0 Å². The van der Waals surface area contributed by atoms with Gasteiger partial charge in [0, 0.05) is 39.3 Å². The number of sulfonamides is 2. The Hall–Kier alpha value is -1.13. The first-order valence-corrected chi connectivity index (χ1v) is 13.7. The Balaban J connectivity index is 1.73. The molecule has 2 N–H and O–H groups in total. The summed E-state index contributed by atoms with van der Waals surface area (Å²) in [5.41, 5.74) is 0. The summed E-state index contributed by atoms with van der Waals surface area (Å²) >= 11 is 0. The molecule has 2 aliphatic heterocycles. The lowest BCUT2D eigenvalue weighted by atomic mass is 10.3. The zero-order valence-corrected chi connectivity index (χ0v) is 19.2. The first-order chi connectivity index (χ1) is 13.8. The molecule has 0 bridgehead atoms. The highest BCUT2D eigenvalue weighted by atomic mass is 32.2. The number of piperazine rings is 1. The minimum absolute atomic E-state index is 0.00341. The topological polar surface area (TPSA) is 147 Å². The van der Waals surface area contributed by atoms with Crippen LogP contribution >= 0.6 is 0 Å². The molecule has 2 saturated heterocycles. The smallest absolute Gasteiger partial charge is 0.282 e. The van der Waals surface area contributed by atoms with Crippen molar-refractivity contribution in [2.24, 2.45) is 5.14 Å². The van der Waals surface area contributed by atoms with E-state index in [0.29, 0.717) is 0 Å². The summed E-state index contributed by atoms with van der Waals surface area (Å²) in [4.78, 5) is -0.512. The van der Waals surface area contributed by atoms with Crippen LogP contribution in [-0.2, 0) is 35.0 Å². The minimum Gasteiger partial charge on any atom is -0.373 e. The maximum absolute atomic E-state index is 13.0. The minimum atomic E-state index is -4.05. The van der Waals surface area contributed by atoms with Gasteiger partial charge in [0.25, 0.3) is 10.2 Å². The molecule has 2 atom stereocenters. The second-order valence-corrected chi connectivity index (χ2v) is 12.8. The quantitative estimate of drug-likeness (QED) is 0.566. The summed E-state index contributed by atoms with van der Waals surface area (Å²) < 4.78 is 84.1. The van der Waals surface area contributed by atoms with E-state index >= 15 is 0 Å². The lowest BCUT2D eigenvalue weighted by Gasteiger charge is -2.40. The molecule has 0 aliphatic carbocycles. The van der Waals surface area contributed by atoms with Gasteiger partial charge >= 0.3 is 0 Å². The summed E-state index contributed by atoms with van der Waals surface area (Å²) in [6, 6.07) is 4.80. The van der Waals surface area contributed by atoms with E-state index in [4.69, 9.17) is 9.88 Å². The van der Waals surface area contributed by atoms with Gasteiger partial charge in [0.15, 0.2) is 0 Å². The molecule has 2 fully saturated rings. The molecule has 0 aromatic heterocycles. The number of hydrogen-bond donors (Lipinski definition) is 1. The van der Waals surface area contributed by atoms with Crippen LogP contribution in [0.25, 0.3) is 0 Å². The Kier molecular flexibility index (Phi) is 6.61. The van der Waals surface area contributed by atoms with Gasteiger partial charge in [0.05, 0.1) is 22.0 Å². The lowest BCUT2D eigenvalue weighted by Crippen LogP contribution is -2.57. The van der Waals surface area contributed by atoms with Gasteiger partial charge < -0.3 is 4.74 Å². The van der Waals surface area contributed by atoms with Crippen LogP contribution in [0.5, 0.6) is 0 Å². The van der Waals surface area contributed by atoms with Gasteiger partial charge in [-0.3, -0.25) is 0 Å². The number of morpholine rings is 1. The molecular weight excluding hydrogens is 456 g/mol. The van der Waals surface area contributed by atoms with Crippen molar-refractivity contribution in [2.45, 2.75) is 35.8 Å². The van der Waals surface area contributed by atoms with Crippen LogP contribution in [-0.4, -0.2) is 89.6 Å². The lowest BCUT2D eigenvalue weighted by molar-refractivity contribution is -0.0456. The van der Waals surface area contributed by atoms with E-state index < -0.39 is 30.3 Å². The largest absolute Gasteiger partial charge is 0.373 e. The molecule has 0 saturated carbocycles. The third-order valence-corrected chi connectivity index (χ3v) is 9.78. The van der Waals surface area contributed by atoms with Gasteiger partial charge in [0.2, 0.25) is 20.0 Å². The standard InChI is InChI=1S/C16H26N4O7S3/c1-13-11-20(12-14(2)27-13)30(25,26)19-8-6-18(7-9-19)29(23,24)16-5-3-4-15(10-16)28(17,21)22/h3-5,10,13-14H,6-9,11-12H2,1-2H3,(H2,17,21,22). The number of nitrogens with zero attached hydrogens (tertiary/aromatic N) is 3. The molecule has 0 amide bonds. The molecule has 2 aliphatic rings. The summed E-state index contributed by atoms with van der Waals surface area (Å²) in [5.74, 6) is 0. The number of ether oxygens (including phenoxy) is 1. The fraction of sp³-hybridized carbons (Fsp3) is 0.625. The van der Waals surface area contributed by atoms with Crippen molar-refractivity contribution < 1.29 is 30.0 Å². The van der Waals surface area contributed by atoms with Crippen molar-refractivity contribution >= 4 is 30.3 Å². The summed E-state index contributed by atoms with van der Waals surface area (Å²) in [5, 5.41) is 5.08. The predicted octanol–water partition coefficient (Wildman–Crippen LogP) is -1.01. The van der Waals surface area contributed by atoms with Crippen LogP contribution in [0.3, 0.4) is 0 Å². The molecule has 1 aromatic carbocycles. The SMILES string of the molecule is CC1CN(S(=O)(=O)N2CCN(S(=O)(=O)c3cccc(S(N)(=O)=O)c3)CC2)CC(C)O1. The molecule has 170 valence electrons. The van der Waals surface area contributed by atoms with Crippen molar-refractivity contribution in [1.82, 2.24) is 12.9 Å². The summed E-state index contributed by atoms with van der Waals surface area (Å²) in [6.07, 6.45) is -0.451. The third kappa shape index (κ3) is 4.85. The number of rotatable bonds is 5. The van der Waals surface area contributed by atoms with E-state index in [2.05, 4.69) is 0 Å². The molecule has 14 heteroatoms. The molecule has 0 radical (unpaired) electrons. The van der Waals surface area contributed by atoms with Gasteiger partial charge in [-0.25, -0.2) is 22.0 Å². The van der Waals surface area contributed by atoms with Crippen LogP contribution < -0.4 is 5.14 Å². The first-order valence-electron chi connectivity index (χ1n) is 9.35. The molecular formula is C16H26N4O7S3. The molecule has 1 aromatic rings. The van der Waals surface area contributed by atoms with Gasteiger partial charge in [-0.05, 0) is 32.0 Å². The van der Waals surface area contributed by atoms with E-state index in [-0.39, 0.29) is 61.3 Å². The average Bonchev–Trinajstić information content (AvgIpc) is 2.67. The highest BCUT2D eigenvalue weighted by Crippen LogP contribution is 2.23. The van der Waals surface area contributed by atoms with Crippen molar-refractivity contribution in [3.63, 3.8) is 0 Å². The van der Waals surface area contributed by atoms with Gasteiger partial charge in [-0.2, -0.15) is 21.3 Å². The van der Waals surface area contributed by atoms with Crippen molar-refractivity contribution in [2.75, 3.05) is 39.3 Å². The maximum Gasteiger partial charge on any atom is 0.282 e. The Morgan fingerprint density at radius 2 is 1.33 bits per heavy atom. The number of primary sulfonamides is 1. The van der Waals surface area contributed by atoms with E-state index in [1.165, 1.54) is 26.8 Å². The van der Waals surface area contributed by atoms with Crippen LogP contribution in [0.2, 0.25) is 0 Å². The predicted molar refractivity (Wildman–Crippen MR) is 109 cm³/mol. The molecule has 0 spiro atoms. The Bertz CT molecular complexity index is 1090. The number of benzene rings is 1. The van der Waals surface area contributed by atoms with Crippen LogP contribution in [0.4, 0.5) is 0 Å². The van der Waals surface area contributed by atoms with Crippen LogP contribution in [0.1, 0.15) is 13.8 Å². The fourth-order valence-electron chi connectivity index (χ4n) is 3.58. The Morgan fingerprint density at radius 3 is 1.87 bits per heavy atom. The summed E-state index contributed by atoms with van der Waals surface area (Å²) in [7, 11) is -11.8. The number of hydrogen-bond acceptors (Lipinski definition) is 7. The molecule has 11 nitrogen and oxygen atoms in total. The van der Waals surface area contributed by atoms with E-state index in [9.17, 15) is 25.3 Å². The molecule has 2 unspecified atom stereocenters. The maximum atomic E-state index is 13.0. The van der Waals surface area contributed by atoms with Gasteiger partial charge in [0.1, 0.15) is 0 Å². The van der Waals surface area contributed by atoms with Gasteiger partial charge in [-0.15, -0.1) is 0 Å². The monoisotopic (exact) mass is 482 g/mol. The normalized spacial score (nSPS) is 26.0. The Labute approximate surface area is 177 Å². The number of nitrogens with two attached hydrogens (primary N) is 1. The van der Waals surface area contributed by atoms with Crippen molar-refractivity contribution in [3.05, 3.63) is 24.3 Å². The molecule has 30 heavy (non-hydrogen) atoms. The second-order valence-electron chi connectivity index (χ2n) is 7.41. The zero-order chi connectivity index (χ0) is 22.3. The van der Waals surface area contributed by atoms with Crippen molar-refractivity contribution in [3.8, 4) is 0 Å². The fourth-order valence-corrected chi connectivity index (χ4v) is 7.43. The highest BCUT2D eigenvalue weighted by molar-refractivity contribution is 7.90. The van der Waals surface area contributed by atoms with Crippen molar-refractivity contribution in [1.29, 1.82) is 0 Å². The first kappa shape index (κ1) is 23.5. The third-order valence-electron chi connectivity index (χ3n) is 5.01. The molecule has 3 rings (SSSR count). The summed E-state index contributed by atoms with van der Waals surface area (Å²) in [6.45, 7) is 3.99. The van der Waals surface area contributed by atoms with Crippen LogP contribution in [0.15, 0.2) is 34.1 Å². The zero-order valence-electron chi connectivity index (χ0n) is 16.7. The van der Waals surface area contributed by atoms with E-state index in [1.54, 1.807) is 13.8 Å². The second kappa shape index (κ2) is 8.43. The highest BCUT2D eigenvalue weighted by Gasteiger charge is 2.38. The average molecular weight is 483 g/mol. The Morgan fingerprint density at radius 1 is 0.833 bits per heavy atom. The van der Waals surface area contributed by atoms with E-state index in [1.807, 2.05) is 0 Å². The van der Waals surface area contributed by atoms with Gasteiger partial charge in [-0.1, -0.05) is 6.07 Å². The van der Waals surface area contributed by atoms with E-state index in [0.717, 1.165) is 10.4 Å². The molecule has 2 heterocycles.